The van der Waals surface area contributed by atoms with Crippen LogP contribution in [0.4, 0.5) is 14.9 Å². The van der Waals surface area contributed by atoms with Gasteiger partial charge in [0.1, 0.15) is 5.82 Å². The van der Waals surface area contributed by atoms with Gasteiger partial charge in [0.2, 0.25) is 0 Å². The summed E-state index contributed by atoms with van der Waals surface area (Å²) in [6, 6.07) is 10.8. The van der Waals surface area contributed by atoms with Gasteiger partial charge < -0.3 is 10.2 Å². The molecular formula is C16H15Cl2FN2O. The molecule has 2 rings (SSSR count). The predicted octanol–water partition coefficient (Wildman–Crippen LogP) is 5.19. The summed E-state index contributed by atoms with van der Waals surface area (Å²) in [5.41, 5.74) is 1.28. The molecule has 0 aliphatic carbocycles. The van der Waals surface area contributed by atoms with Crippen molar-refractivity contribution >= 4 is 34.9 Å². The summed E-state index contributed by atoms with van der Waals surface area (Å²) in [5, 5.41) is 3.54. The van der Waals surface area contributed by atoms with E-state index in [0.717, 1.165) is 5.56 Å². The molecule has 6 heteroatoms. The summed E-state index contributed by atoms with van der Waals surface area (Å²) >= 11 is 11.8. The number of nitrogens with one attached hydrogen (secondary N) is 1. The average Bonchev–Trinajstić information content (AvgIpc) is 2.48. The molecule has 3 nitrogen and oxygen atoms in total. The lowest BCUT2D eigenvalue weighted by Gasteiger charge is -2.21. The molecule has 0 radical (unpaired) electrons. The lowest BCUT2D eigenvalue weighted by Crippen LogP contribution is -2.34. The van der Waals surface area contributed by atoms with Crippen LogP contribution in [0.5, 0.6) is 0 Å². The second-order valence-electron chi connectivity index (χ2n) is 4.70. The Hall–Kier alpha value is -1.78. The van der Waals surface area contributed by atoms with Crippen molar-refractivity contribution in [2.24, 2.45) is 0 Å². The van der Waals surface area contributed by atoms with Gasteiger partial charge >= 0.3 is 6.03 Å². The van der Waals surface area contributed by atoms with E-state index in [-0.39, 0.29) is 11.8 Å². The molecule has 0 aromatic heterocycles. The summed E-state index contributed by atoms with van der Waals surface area (Å²) < 4.78 is 13.2. The minimum Gasteiger partial charge on any atom is -0.320 e. The Kier molecular flexibility index (Phi) is 5.63. The topological polar surface area (TPSA) is 32.3 Å². The van der Waals surface area contributed by atoms with Crippen molar-refractivity contribution in [1.29, 1.82) is 0 Å². The van der Waals surface area contributed by atoms with Crippen molar-refractivity contribution in [1.82, 2.24) is 4.90 Å². The number of carbonyl (C=O) groups is 1. The first-order valence-corrected chi connectivity index (χ1v) is 7.50. The van der Waals surface area contributed by atoms with Gasteiger partial charge in [0, 0.05) is 18.8 Å². The van der Waals surface area contributed by atoms with Crippen LogP contribution in [0.1, 0.15) is 12.5 Å². The van der Waals surface area contributed by atoms with E-state index < -0.39 is 0 Å². The second-order valence-corrected chi connectivity index (χ2v) is 5.52. The SMILES string of the molecule is CCN(Cc1cccc(F)c1)C(=O)Nc1ccc(Cl)c(Cl)c1. The summed E-state index contributed by atoms with van der Waals surface area (Å²) in [7, 11) is 0. The highest BCUT2D eigenvalue weighted by atomic mass is 35.5. The molecule has 0 saturated carbocycles. The number of amides is 2. The molecule has 0 bridgehead atoms. The first kappa shape index (κ1) is 16.6. The molecule has 0 saturated heterocycles. The molecule has 116 valence electrons. The lowest BCUT2D eigenvalue weighted by atomic mass is 10.2. The number of hydrogen-bond acceptors (Lipinski definition) is 1. The van der Waals surface area contributed by atoms with Crippen molar-refractivity contribution in [2.45, 2.75) is 13.5 Å². The summed E-state index contributed by atoms with van der Waals surface area (Å²) in [5.74, 6) is -0.321. The maximum Gasteiger partial charge on any atom is 0.322 e. The molecule has 0 aliphatic rings. The maximum absolute atomic E-state index is 13.2. The number of anilines is 1. The fourth-order valence-corrected chi connectivity index (χ4v) is 2.26. The fraction of sp³-hybridized carbons (Fsp3) is 0.188. The van der Waals surface area contributed by atoms with Crippen LogP contribution in [0, 0.1) is 5.82 Å². The Morgan fingerprint density at radius 1 is 1.18 bits per heavy atom. The third-order valence-electron chi connectivity index (χ3n) is 3.10. The van der Waals surface area contributed by atoms with Gasteiger partial charge in [-0.25, -0.2) is 9.18 Å². The molecule has 22 heavy (non-hydrogen) atoms. The van der Waals surface area contributed by atoms with Crippen LogP contribution in [-0.4, -0.2) is 17.5 Å². The number of benzene rings is 2. The molecule has 0 aliphatic heterocycles. The normalized spacial score (nSPS) is 10.4. The summed E-state index contributed by atoms with van der Waals surface area (Å²) in [4.78, 5) is 13.8. The van der Waals surface area contributed by atoms with E-state index in [4.69, 9.17) is 23.2 Å². The Bertz CT molecular complexity index is 679. The van der Waals surface area contributed by atoms with Crippen LogP contribution in [-0.2, 0) is 6.54 Å². The standard InChI is InChI=1S/C16H15Cl2FN2O/c1-2-21(10-11-4-3-5-12(19)8-11)16(22)20-13-6-7-14(17)15(18)9-13/h3-9H,2,10H2,1H3,(H,20,22). The van der Waals surface area contributed by atoms with E-state index in [1.54, 1.807) is 35.2 Å². The van der Waals surface area contributed by atoms with Gasteiger partial charge in [0.25, 0.3) is 0 Å². The third-order valence-corrected chi connectivity index (χ3v) is 3.84. The smallest absolute Gasteiger partial charge is 0.320 e. The molecule has 0 unspecified atom stereocenters. The van der Waals surface area contributed by atoms with Crippen molar-refractivity contribution in [3.8, 4) is 0 Å². The number of halogens is 3. The summed E-state index contributed by atoms with van der Waals surface area (Å²) in [6.45, 7) is 2.67. The average molecular weight is 341 g/mol. The van der Waals surface area contributed by atoms with Crippen molar-refractivity contribution in [3.05, 3.63) is 63.9 Å². The van der Waals surface area contributed by atoms with Gasteiger partial charge in [-0.15, -0.1) is 0 Å². The first-order valence-electron chi connectivity index (χ1n) is 6.75. The Labute approximate surface area is 138 Å². The molecule has 1 N–H and O–H groups in total. The minimum absolute atomic E-state index is 0.287. The van der Waals surface area contributed by atoms with Crippen LogP contribution in [0.25, 0.3) is 0 Å². The van der Waals surface area contributed by atoms with E-state index in [9.17, 15) is 9.18 Å². The largest absolute Gasteiger partial charge is 0.322 e. The zero-order valence-electron chi connectivity index (χ0n) is 11.9. The predicted molar refractivity (Wildman–Crippen MR) is 88.0 cm³/mol. The van der Waals surface area contributed by atoms with Gasteiger partial charge in [-0.2, -0.15) is 0 Å². The van der Waals surface area contributed by atoms with E-state index >= 15 is 0 Å². The van der Waals surface area contributed by atoms with E-state index in [1.165, 1.54) is 12.1 Å². The molecule has 2 aromatic carbocycles. The van der Waals surface area contributed by atoms with Gasteiger partial charge in [-0.1, -0.05) is 35.3 Å². The Morgan fingerprint density at radius 2 is 1.95 bits per heavy atom. The van der Waals surface area contributed by atoms with Crippen molar-refractivity contribution in [2.75, 3.05) is 11.9 Å². The Balaban J connectivity index is 2.06. The number of hydrogen-bond donors (Lipinski definition) is 1. The number of carbonyl (C=O) groups excluding carboxylic acids is 1. The summed E-state index contributed by atoms with van der Waals surface area (Å²) in [6.07, 6.45) is 0. The van der Waals surface area contributed by atoms with Crippen LogP contribution in [0.2, 0.25) is 10.0 Å². The van der Waals surface area contributed by atoms with Crippen molar-refractivity contribution < 1.29 is 9.18 Å². The first-order chi connectivity index (χ1) is 10.5. The zero-order valence-corrected chi connectivity index (χ0v) is 13.5. The van der Waals surface area contributed by atoms with Gasteiger partial charge in [0.05, 0.1) is 10.0 Å². The number of nitrogens with zero attached hydrogens (tertiary/aromatic N) is 1. The molecule has 2 aromatic rings. The molecule has 2 amide bonds. The highest BCUT2D eigenvalue weighted by Gasteiger charge is 2.13. The highest BCUT2D eigenvalue weighted by molar-refractivity contribution is 6.42. The van der Waals surface area contributed by atoms with Crippen LogP contribution in [0.3, 0.4) is 0 Å². The minimum atomic E-state index is -0.321. The van der Waals surface area contributed by atoms with Crippen LogP contribution >= 0.6 is 23.2 Å². The quantitative estimate of drug-likeness (QED) is 0.816. The van der Waals surface area contributed by atoms with Gasteiger partial charge in [-0.3, -0.25) is 0 Å². The Morgan fingerprint density at radius 3 is 2.59 bits per heavy atom. The molecular weight excluding hydrogens is 326 g/mol. The molecule has 0 atom stereocenters. The second kappa shape index (κ2) is 7.47. The van der Waals surface area contributed by atoms with Gasteiger partial charge in [-0.05, 0) is 42.8 Å². The maximum atomic E-state index is 13.2. The van der Waals surface area contributed by atoms with E-state index in [1.807, 2.05) is 6.92 Å². The van der Waals surface area contributed by atoms with E-state index in [2.05, 4.69) is 5.32 Å². The fourth-order valence-electron chi connectivity index (χ4n) is 1.96. The number of urea groups is 1. The monoisotopic (exact) mass is 340 g/mol. The van der Waals surface area contributed by atoms with Crippen LogP contribution < -0.4 is 5.32 Å². The number of rotatable bonds is 4. The lowest BCUT2D eigenvalue weighted by molar-refractivity contribution is 0.212. The molecule has 0 heterocycles. The highest BCUT2D eigenvalue weighted by Crippen LogP contribution is 2.25. The van der Waals surface area contributed by atoms with E-state index in [0.29, 0.717) is 28.8 Å². The molecule has 0 spiro atoms. The van der Waals surface area contributed by atoms with Crippen LogP contribution in [0.15, 0.2) is 42.5 Å². The molecule has 0 fully saturated rings. The zero-order chi connectivity index (χ0) is 16.1. The third kappa shape index (κ3) is 4.36. The van der Waals surface area contributed by atoms with Gasteiger partial charge in [0.15, 0.2) is 0 Å². The van der Waals surface area contributed by atoms with Crippen molar-refractivity contribution in [3.63, 3.8) is 0 Å².